The number of aromatic amines is 1. The molecule has 5 heteroatoms. The number of aryl methyl sites for hydroxylation is 1. The highest BCUT2D eigenvalue weighted by Gasteiger charge is 2.06. The second-order valence-electron chi connectivity index (χ2n) is 7.00. The van der Waals surface area contributed by atoms with Gasteiger partial charge in [-0.3, -0.25) is 4.79 Å². The molecule has 0 spiro atoms. The molecule has 1 aromatic carbocycles. The van der Waals surface area contributed by atoms with Gasteiger partial charge in [-0.05, 0) is 37.0 Å². The molecule has 0 radical (unpaired) electrons. The molecule has 1 N–H and O–H groups in total. The first kappa shape index (κ1) is 20.5. The normalized spacial score (nSPS) is 11.0. The third-order valence-corrected chi connectivity index (χ3v) is 5.71. The number of benzene rings is 1. The molecule has 0 bridgehead atoms. The summed E-state index contributed by atoms with van der Waals surface area (Å²) in [5.41, 5.74) is 2.00. The highest BCUT2D eigenvalue weighted by Crippen LogP contribution is 2.16. The van der Waals surface area contributed by atoms with Crippen LogP contribution >= 0.6 is 11.8 Å². The van der Waals surface area contributed by atoms with Crippen LogP contribution in [0.2, 0.25) is 0 Å². The topological polar surface area (TPSA) is 58.9 Å². The molecule has 28 heavy (non-hydrogen) atoms. The van der Waals surface area contributed by atoms with Gasteiger partial charge in [-0.1, -0.05) is 67.8 Å². The zero-order valence-corrected chi connectivity index (χ0v) is 17.0. The van der Waals surface area contributed by atoms with Crippen molar-refractivity contribution < 1.29 is 4.42 Å². The van der Waals surface area contributed by atoms with Crippen LogP contribution in [0, 0.1) is 0 Å². The van der Waals surface area contributed by atoms with Crippen molar-refractivity contribution >= 4 is 11.8 Å². The van der Waals surface area contributed by atoms with Crippen LogP contribution in [0.5, 0.6) is 0 Å². The number of furan rings is 1. The van der Waals surface area contributed by atoms with Crippen molar-refractivity contribution in [3.8, 4) is 0 Å². The molecular weight excluding hydrogens is 368 g/mol. The van der Waals surface area contributed by atoms with E-state index in [9.17, 15) is 4.79 Å². The minimum absolute atomic E-state index is 0.0766. The number of hydrogen-bond acceptors (Lipinski definition) is 4. The molecule has 0 amide bonds. The zero-order valence-electron chi connectivity index (χ0n) is 16.2. The first-order valence-electron chi connectivity index (χ1n) is 10.1. The van der Waals surface area contributed by atoms with Gasteiger partial charge in [0.05, 0.1) is 6.26 Å². The smallest absolute Gasteiger partial charge is 0.255 e. The summed E-state index contributed by atoms with van der Waals surface area (Å²) in [6, 6.07) is 14.4. The van der Waals surface area contributed by atoms with E-state index in [2.05, 4.69) is 40.3 Å². The van der Waals surface area contributed by atoms with Gasteiger partial charge in [0, 0.05) is 23.9 Å². The first-order chi connectivity index (χ1) is 13.8. The average molecular weight is 397 g/mol. The van der Waals surface area contributed by atoms with Crippen LogP contribution in [-0.4, -0.2) is 15.7 Å². The largest absolute Gasteiger partial charge is 0.469 e. The van der Waals surface area contributed by atoms with E-state index in [4.69, 9.17) is 4.42 Å². The molecule has 4 nitrogen and oxygen atoms in total. The van der Waals surface area contributed by atoms with Crippen molar-refractivity contribution in [2.24, 2.45) is 0 Å². The van der Waals surface area contributed by atoms with Gasteiger partial charge in [-0.2, -0.15) is 0 Å². The highest BCUT2D eigenvalue weighted by molar-refractivity contribution is 7.99. The van der Waals surface area contributed by atoms with Crippen molar-refractivity contribution in [1.29, 1.82) is 0 Å². The predicted molar refractivity (Wildman–Crippen MR) is 115 cm³/mol. The Kier molecular flexibility index (Phi) is 8.44. The lowest BCUT2D eigenvalue weighted by atomic mass is 10.1. The summed E-state index contributed by atoms with van der Waals surface area (Å²) >= 11 is 1.63. The van der Waals surface area contributed by atoms with E-state index in [1.165, 1.54) is 44.1 Å². The minimum atomic E-state index is -0.0766. The van der Waals surface area contributed by atoms with Gasteiger partial charge >= 0.3 is 0 Å². The van der Waals surface area contributed by atoms with Crippen LogP contribution in [0.4, 0.5) is 0 Å². The van der Waals surface area contributed by atoms with Gasteiger partial charge in [0.15, 0.2) is 5.16 Å². The number of hydrogen-bond donors (Lipinski definition) is 1. The summed E-state index contributed by atoms with van der Waals surface area (Å²) in [7, 11) is 0. The van der Waals surface area contributed by atoms with E-state index in [0.29, 0.717) is 17.1 Å². The first-order valence-corrected chi connectivity index (χ1v) is 11.1. The predicted octanol–water partition coefficient (Wildman–Crippen LogP) is 5.63. The average Bonchev–Trinajstić information content (AvgIpc) is 3.23. The Morgan fingerprint density at radius 1 is 0.929 bits per heavy atom. The third-order valence-electron chi connectivity index (χ3n) is 4.74. The second-order valence-corrected chi connectivity index (χ2v) is 8.09. The molecule has 0 aliphatic rings. The molecule has 0 aliphatic carbocycles. The van der Waals surface area contributed by atoms with Gasteiger partial charge in [0.2, 0.25) is 0 Å². The van der Waals surface area contributed by atoms with Crippen molar-refractivity contribution in [3.63, 3.8) is 0 Å². The van der Waals surface area contributed by atoms with Crippen LogP contribution < -0.4 is 5.56 Å². The summed E-state index contributed by atoms with van der Waals surface area (Å²) in [4.78, 5) is 19.4. The molecule has 148 valence electrons. The van der Waals surface area contributed by atoms with E-state index >= 15 is 0 Å². The fourth-order valence-electron chi connectivity index (χ4n) is 3.16. The van der Waals surface area contributed by atoms with Crippen LogP contribution in [-0.2, 0) is 12.8 Å². The molecule has 3 aromatic rings. The van der Waals surface area contributed by atoms with E-state index in [1.807, 2.05) is 12.1 Å². The van der Waals surface area contributed by atoms with Crippen molar-refractivity contribution in [3.05, 3.63) is 82.2 Å². The maximum Gasteiger partial charge on any atom is 0.255 e. The minimum Gasteiger partial charge on any atom is -0.469 e. The molecule has 0 fully saturated rings. The van der Waals surface area contributed by atoms with Crippen molar-refractivity contribution in [2.75, 3.05) is 5.75 Å². The standard InChI is InChI=1S/C23H28N2O2S/c26-22-20(17-21-14-10-15-27-21)18-24-23(25-22)28-16-9-4-2-1-3-6-11-19-12-7-5-8-13-19/h5,7-8,10,12-15,18H,1-4,6,9,11,16-17H2,(H,24,25,26). The van der Waals surface area contributed by atoms with Gasteiger partial charge in [0.25, 0.3) is 5.56 Å². The Balaban J connectivity index is 1.25. The number of aromatic nitrogens is 2. The molecule has 3 rings (SSSR count). The summed E-state index contributed by atoms with van der Waals surface area (Å²) < 4.78 is 5.29. The Labute approximate surface area is 170 Å². The molecule has 0 atom stereocenters. The molecule has 0 aliphatic heterocycles. The Bertz CT molecular complexity index is 860. The Morgan fingerprint density at radius 2 is 1.71 bits per heavy atom. The van der Waals surface area contributed by atoms with Crippen LogP contribution in [0.15, 0.2) is 69.3 Å². The van der Waals surface area contributed by atoms with Crippen molar-refractivity contribution in [1.82, 2.24) is 9.97 Å². The number of rotatable bonds is 12. The van der Waals surface area contributed by atoms with Gasteiger partial charge < -0.3 is 9.40 Å². The van der Waals surface area contributed by atoms with E-state index in [0.717, 1.165) is 17.9 Å². The second kappa shape index (κ2) is 11.5. The molecule has 0 saturated carbocycles. The van der Waals surface area contributed by atoms with Crippen LogP contribution in [0.25, 0.3) is 0 Å². The highest BCUT2D eigenvalue weighted by atomic mass is 32.2. The number of thioether (sulfide) groups is 1. The van der Waals surface area contributed by atoms with E-state index in [-0.39, 0.29) is 5.56 Å². The van der Waals surface area contributed by atoms with Gasteiger partial charge in [0.1, 0.15) is 5.76 Å². The summed E-state index contributed by atoms with van der Waals surface area (Å²) in [5, 5.41) is 0.705. The molecule has 2 heterocycles. The van der Waals surface area contributed by atoms with E-state index in [1.54, 1.807) is 24.2 Å². The molecular formula is C23H28N2O2S. The lowest BCUT2D eigenvalue weighted by molar-refractivity contribution is 0.519. The SMILES string of the molecule is O=c1[nH]c(SCCCCCCCCc2ccccc2)ncc1Cc1ccco1. The number of nitrogens with zero attached hydrogens (tertiary/aromatic N) is 1. The van der Waals surface area contributed by atoms with Gasteiger partial charge in [-0.15, -0.1) is 0 Å². The van der Waals surface area contributed by atoms with Gasteiger partial charge in [-0.25, -0.2) is 4.98 Å². The van der Waals surface area contributed by atoms with E-state index < -0.39 is 0 Å². The summed E-state index contributed by atoms with van der Waals surface area (Å²) in [5.74, 6) is 1.77. The molecule has 0 unspecified atom stereocenters. The zero-order chi connectivity index (χ0) is 19.4. The maximum absolute atomic E-state index is 12.2. The Hall–Kier alpha value is -2.27. The Morgan fingerprint density at radius 3 is 2.46 bits per heavy atom. The summed E-state index contributed by atoms with van der Waals surface area (Å²) in [6.07, 6.45) is 12.5. The van der Waals surface area contributed by atoms with Crippen LogP contribution in [0.3, 0.4) is 0 Å². The molecule has 2 aromatic heterocycles. The van der Waals surface area contributed by atoms with Crippen molar-refractivity contribution in [2.45, 2.75) is 56.5 Å². The fourth-order valence-corrected chi connectivity index (χ4v) is 3.99. The number of H-pyrrole nitrogens is 1. The monoisotopic (exact) mass is 396 g/mol. The lowest BCUT2D eigenvalue weighted by Gasteiger charge is -2.04. The lowest BCUT2D eigenvalue weighted by Crippen LogP contribution is -2.14. The number of nitrogens with one attached hydrogen (secondary N) is 1. The number of unbranched alkanes of at least 4 members (excludes halogenated alkanes) is 5. The quantitative estimate of drug-likeness (QED) is 0.245. The molecule has 0 saturated heterocycles. The maximum atomic E-state index is 12.2. The fraction of sp³-hybridized carbons (Fsp3) is 0.391. The summed E-state index contributed by atoms with van der Waals surface area (Å²) in [6.45, 7) is 0. The van der Waals surface area contributed by atoms with Crippen LogP contribution in [0.1, 0.15) is 55.4 Å². The third kappa shape index (κ3) is 7.04.